The molecule has 0 saturated carbocycles. The topological polar surface area (TPSA) is 0 Å². The van der Waals surface area contributed by atoms with E-state index in [0.29, 0.717) is 0 Å². The lowest BCUT2D eigenvalue weighted by molar-refractivity contribution is 0.577. The molecule has 0 aromatic carbocycles. The van der Waals surface area contributed by atoms with E-state index in [0.717, 1.165) is 0 Å². The van der Waals surface area contributed by atoms with Gasteiger partial charge in [0, 0.05) is 0 Å². The highest BCUT2D eigenvalue weighted by Gasteiger charge is 1.90. The fraction of sp³-hybridized carbons (Fsp3) is 0.800. The Kier molecular flexibility index (Phi) is 18.0. The van der Waals surface area contributed by atoms with Gasteiger partial charge in [0.1, 0.15) is 0 Å². The van der Waals surface area contributed by atoms with Crippen molar-refractivity contribution in [2.75, 3.05) is 0 Å². The molecule has 118 valence electrons. The minimum Gasteiger partial charge on any atom is -0.0885 e. The van der Waals surface area contributed by atoms with Crippen molar-refractivity contribution in [3.05, 3.63) is 24.3 Å². The Morgan fingerprint density at radius 3 is 1.40 bits per heavy atom. The minimum absolute atomic E-state index is 1.24. The third-order valence-electron chi connectivity index (χ3n) is 3.75. The average molecular weight is 279 g/mol. The molecule has 0 spiro atoms. The fourth-order valence-corrected chi connectivity index (χ4v) is 2.39. The van der Waals surface area contributed by atoms with Crippen LogP contribution in [-0.2, 0) is 0 Å². The van der Waals surface area contributed by atoms with Crippen molar-refractivity contribution in [2.24, 2.45) is 0 Å². The van der Waals surface area contributed by atoms with E-state index < -0.39 is 0 Å². The van der Waals surface area contributed by atoms with Crippen molar-refractivity contribution < 1.29 is 0 Å². The lowest BCUT2D eigenvalue weighted by atomic mass is 10.1. The molecule has 0 heteroatoms. The van der Waals surface area contributed by atoms with E-state index >= 15 is 0 Å². The quantitative estimate of drug-likeness (QED) is 0.214. The maximum Gasteiger partial charge on any atom is -0.0348 e. The average Bonchev–Trinajstić information content (AvgIpc) is 2.47. The zero-order chi connectivity index (χ0) is 14.7. The Hall–Kier alpha value is -0.520. The number of hydrogen-bond donors (Lipinski definition) is 0. The number of rotatable bonds is 15. The van der Waals surface area contributed by atoms with Gasteiger partial charge < -0.3 is 0 Å². The molecule has 0 atom stereocenters. The summed E-state index contributed by atoms with van der Waals surface area (Å²) < 4.78 is 0. The van der Waals surface area contributed by atoms with Crippen molar-refractivity contribution in [1.29, 1.82) is 0 Å². The second-order valence-corrected chi connectivity index (χ2v) is 5.93. The van der Waals surface area contributed by atoms with Crippen LogP contribution in [0.5, 0.6) is 0 Å². The molecule has 0 aliphatic heterocycles. The Morgan fingerprint density at radius 2 is 0.850 bits per heavy atom. The molecule has 0 unspecified atom stereocenters. The summed E-state index contributed by atoms with van der Waals surface area (Å²) in [6, 6.07) is 0. The van der Waals surface area contributed by atoms with E-state index in [1.165, 1.54) is 89.9 Å². The largest absolute Gasteiger partial charge is 0.0885 e. The molecule has 0 aromatic rings. The first-order valence-electron chi connectivity index (χ1n) is 9.21. The summed E-state index contributed by atoms with van der Waals surface area (Å²) in [5.74, 6) is 0. The molecule has 20 heavy (non-hydrogen) atoms. The molecule has 0 rings (SSSR count). The summed E-state index contributed by atoms with van der Waals surface area (Å²) >= 11 is 0. The first kappa shape index (κ1) is 19.5. The minimum atomic E-state index is 1.24. The summed E-state index contributed by atoms with van der Waals surface area (Å²) in [4.78, 5) is 0. The van der Waals surface area contributed by atoms with E-state index in [1.807, 2.05) is 0 Å². The molecular formula is C20H38. The molecule has 0 aromatic heterocycles. The van der Waals surface area contributed by atoms with E-state index in [9.17, 15) is 0 Å². The highest BCUT2D eigenvalue weighted by molar-refractivity contribution is 4.85. The zero-order valence-electron chi connectivity index (χ0n) is 14.2. The predicted octanol–water partition coefficient (Wildman–Crippen LogP) is 7.60. The molecular weight excluding hydrogens is 240 g/mol. The van der Waals surface area contributed by atoms with Gasteiger partial charge in [-0.2, -0.15) is 0 Å². The summed E-state index contributed by atoms with van der Waals surface area (Å²) in [6.45, 7) is 4.52. The Balaban J connectivity index is 3.08. The van der Waals surface area contributed by atoms with Crippen LogP contribution >= 0.6 is 0 Å². The standard InChI is InChI=1S/C20H38/c1-3-5-7-9-11-13-15-17-19-20-18-16-14-12-10-8-6-4-2/h7,9,17,19H,3-6,8,10-16,18,20H2,1-2H3. The maximum atomic E-state index is 2.40. The molecule has 0 saturated heterocycles. The van der Waals surface area contributed by atoms with Crippen LogP contribution in [0.4, 0.5) is 0 Å². The Labute approximate surface area is 128 Å². The molecule has 0 bridgehead atoms. The smallest absolute Gasteiger partial charge is 0.0348 e. The van der Waals surface area contributed by atoms with Crippen molar-refractivity contribution in [2.45, 2.75) is 104 Å². The Bertz CT molecular complexity index is 212. The predicted molar refractivity (Wildman–Crippen MR) is 94.3 cm³/mol. The lowest BCUT2D eigenvalue weighted by Crippen LogP contribution is -1.80. The summed E-state index contributed by atoms with van der Waals surface area (Å²) in [5, 5.41) is 0. The summed E-state index contributed by atoms with van der Waals surface area (Å²) in [5.41, 5.74) is 0. The van der Waals surface area contributed by atoms with Crippen LogP contribution in [0.2, 0.25) is 0 Å². The van der Waals surface area contributed by atoms with Gasteiger partial charge in [0.2, 0.25) is 0 Å². The van der Waals surface area contributed by atoms with Crippen LogP contribution in [0.1, 0.15) is 104 Å². The lowest BCUT2D eigenvalue weighted by Gasteiger charge is -1.99. The monoisotopic (exact) mass is 278 g/mol. The third kappa shape index (κ3) is 17.5. The van der Waals surface area contributed by atoms with Gasteiger partial charge in [-0.25, -0.2) is 0 Å². The van der Waals surface area contributed by atoms with Crippen LogP contribution < -0.4 is 0 Å². The van der Waals surface area contributed by atoms with Crippen molar-refractivity contribution >= 4 is 0 Å². The second-order valence-electron chi connectivity index (χ2n) is 5.93. The van der Waals surface area contributed by atoms with Crippen LogP contribution in [0.25, 0.3) is 0 Å². The van der Waals surface area contributed by atoms with Crippen molar-refractivity contribution in [3.63, 3.8) is 0 Å². The third-order valence-corrected chi connectivity index (χ3v) is 3.75. The van der Waals surface area contributed by atoms with E-state index in [2.05, 4.69) is 38.2 Å². The van der Waals surface area contributed by atoms with E-state index in [-0.39, 0.29) is 0 Å². The highest BCUT2D eigenvalue weighted by atomic mass is 14.0. The first-order chi connectivity index (χ1) is 9.91. The summed E-state index contributed by atoms with van der Waals surface area (Å²) in [6.07, 6.45) is 28.5. The number of hydrogen-bond acceptors (Lipinski definition) is 0. The fourth-order valence-electron chi connectivity index (χ4n) is 2.39. The van der Waals surface area contributed by atoms with Crippen molar-refractivity contribution in [3.8, 4) is 0 Å². The molecule has 0 N–H and O–H groups in total. The maximum absolute atomic E-state index is 2.40. The van der Waals surface area contributed by atoms with Gasteiger partial charge in [-0.3, -0.25) is 0 Å². The normalized spacial score (nSPS) is 11.9. The van der Waals surface area contributed by atoms with Crippen LogP contribution in [0.15, 0.2) is 24.3 Å². The first-order valence-corrected chi connectivity index (χ1v) is 9.21. The van der Waals surface area contributed by atoms with Gasteiger partial charge in [-0.05, 0) is 38.5 Å². The molecule has 0 amide bonds. The SMILES string of the molecule is CCCC=CCCCC=CCCCCCCCCCC. The van der Waals surface area contributed by atoms with Gasteiger partial charge in [0.05, 0.1) is 0 Å². The van der Waals surface area contributed by atoms with E-state index in [4.69, 9.17) is 0 Å². The van der Waals surface area contributed by atoms with Crippen LogP contribution in [0, 0.1) is 0 Å². The summed E-state index contributed by atoms with van der Waals surface area (Å²) in [7, 11) is 0. The van der Waals surface area contributed by atoms with Gasteiger partial charge in [-0.1, -0.05) is 89.5 Å². The van der Waals surface area contributed by atoms with Gasteiger partial charge in [0.15, 0.2) is 0 Å². The molecule has 0 fully saturated rings. The van der Waals surface area contributed by atoms with Crippen LogP contribution in [0.3, 0.4) is 0 Å². The molecule has 0 aliphatic carbocycles. The number of allylic oxidation sites excluding steroid dienone is 4. The van der Waals surface area contributed by atoms with E-state index in [1.54, 1.807) is 0 Å². The van der Waals surface area contributed by atoms with Crippen molar-refractivity contribution in [1.82, 2.24) is 0 Å². The highest BCUT2D eigenvalue weighted by Crippen LogP contribution is 2.10. The second kappa shape index (κ2) is 18.5. The molecule has 0 heterocycles. The Morgan fingerprint density at radius 1 is 0.400 bits per heavy atom. The van der Waals surface area contributed by atoms with Crippen LogP contribution in [-0.4, -0.2) is 0 Å². The molecule has 0 aliphatic rings. The number of unbranched alkanes of at least 4 members (excludes halogenated alkanes) is 11. The molecule has 0 nitrogen and oxygen atoms in total. The van der Waals surface area contributed by atoms with Gasteiger partial charge in [-0.15, -0.1) is 0 Å². The molecule has 0 radical (unpaired) electrons. The van der Waals surface area contributed by atoms with Gasteiger partial charge in [0.25, 0.3) is 0 Å². The van der Waals surface area contributed by atoms with Gasteiger partial charge >= 0.3 is 0 Å². The zero-order valence-corrected chi connectivity index (χ0v) is 14.2.